The van der Waals surface area contributed by atoms with Crippen LogP contribution in [0.5, 0.6) is 0 Å². The molecule has 3 fully saturated rings. The molecule has 0 spiro atoms. The van der Waals surface area contributed by atoms with Gasteiger partial charge in [-0.3, -0.25) is 14.7 Å². The largest absolute Gasteiger partial charge is 0.342 e. The van der Waals surface area contributed by atoms with Crippen molar-refractivity contribution in [3.63, 3.8) is 0 Å². The van der Waals surface area contributed by atoms with E-state index >= 15 is 0 Å². The highest BCUT2D eigenvalue weighted by atomic mass is 32.2. The molecule has 6 nitrogen and oxygen atoms in total. The minimum Gasteiger partial charge on any atom is -0.342 e. The molecule has 0 N–H and O–H groups in total. The number of carbonyl (C=O) groups is 1. The van der Waals surface area contributed by atoms with E-state index in [1.54, 1.807) is 6.20 Å². The molecule has 0 unspecified atom stereocenters. The van der Waals surface area contributed by atoms with Crippen molar-refractivity contribution in [1.29, 1.82) is 0 Å². The van der Waals surface area contributed by atoms with Gasteiger partial charge in [0, 0.05) is 50.5 Å². The Bertz CT molecular complexity index is 733. The molecule has 1 amide bonds. The number of fused-ring (bicyclic) bond motifs is 1. The predicted octanol–water partition coefficient (Wildman–Crippen LogP) is 1.08. The third kappa shape index (κ3) is 3.58. The maximum atomic E-state index is 12.6. The van der Waals surface area contributed by atoms with Crippen molar-refractivity contribution in [3.05, 3.63) is 30.1 Å². The molecule has 1 aromatic rings. The van der Waals surface area contributed by atoms with E-state index in [4.69, 9.17) is 0 Å². The van der Waals surface area contributed by atoms with E-state index < -0.39 is 9.84 Å². The molecule has 2 atom stereocenters. The van der Waals surface area contributed by atoms with Crippen LogP contribution in [0.2, 0.25) is 0 Å². The Hall–Kier alpha value is -1.47. The second-order valence-corrected chi connectivity index (χ2v) is 9.82. The fourth-order valence-corrected chi connectivity index (χ4v) is 6.23. The van der Waals surface area contributed by atoms with Crippen molar-refractivity contribution in [2.24, 2.45) is 5.92 Å². The quantitative estimate of drug-likeness (QED) is 0.804. The minimum absolute atomic E-state index is 0.00374. The van der Waals surface area contributed by atoms with Crippen LogP contribution in [0.3, 0.4) is 0 Å². The average molecular weight is 363 g/mol. The Balaban J connectivity index is 1.52. The molecule has 2 aliphatic heterocycles. The Morgan fingerprint density at radius 3 is 2.68 bits per heavy atom. The van der Waals surface area contributed by atoms with Crippen LogP contribution in [-0.2, 0) is 21.2 Å². The highest BCUT2D eigenvalue weighted by Gasteiger charge is 2.44. The molecule has 4 rings (SSSR count). The smallest absolute Gasteiger partial charge is 0.225 e. The molecule has 136 valence electrons. The summed E-state index contributed by atoms with van der Waals surface area (Å²) >= 11 is 0. The van der Waals surface area contributed by atoms with Crippen LogP contribution in [0.15, 0.2) is 24.5 Å². The zero-order chi connectivity index (χ0) is 17.4. The molecule has 1 saturated carbocycles. The summed E-state index contributed by atoms with van der Waals surface area (Å²) in [6.45, 7) is 2.54. The van der Waals surface area contributed by atoms with Gasteiger partial charge in [-0.05, 0) is 37.3 Å². The highest BCUT2D eigenvalue weighted by Crippen LogP contribution is 2.34. The zero-order valence-corrected chi connectivity index (χ0v) is 15.2. The van der Waals surface area contributed by atoms with Gasteiger partial charge in [0.05, 0.1) is 11.0 Å². The third-order valence-electron chi connectivity index (χ3n) is 5.75. The van der Waals surface area contributed by atoms with Gasteiger partial charge in [-0.15, -0.1) is 0 Å². The summed E-state index contributed by atoms with van der Waals surface area (Å²) in [6.07, 6.45) is 6.89. The second-order valence-electron chi connectivity index (χ2n) is 7.48. The van der Waals surface area contributed by atoms with Crippen molar-refractivity contribution in [1.82, 2.24) is 14.8 Å². The predicted molar refractivity (Wildman–Crippen MR) is 94.5 cm³/mol. The minimum atomic E-state index is -3.08. The number of hydrogen-bond donors (Lipinski definition) is 0. The number of amides is 1. The number of nitrogens with zero attached hydrogens (tertiary/aromatic N) is 3. The summed E-state index contributed by atoms with van der Waals surface area (Å²) in [7, 11) is -3.08. The van der Waals surface area contributed by atoms with Gasteiger partial charge in [0.25, 0.3) is 0 Å². The number of hydrogen-bond acceptors (Lipinski definition) is 5. The van der Waals surface area contributed by atoms with E-state index in [9.17, 15) is 13.2 Å². The molecule has 1 aromatic heterocycles. The van der Waals surface area contributed by atoms with Crippen molar-refractivity contribution < 1.29 is 13.2 Å². The monoisotopic (exact) mass is 363 g/mol. The second kappa shape index (κ2) is 6.68. The summed E-state index contributed by atoms with van der Waals surface area (Å²) in [6, 6.07) is 3.94. The fraction of sp³-hybridized carbons (Fsp3) is 0.667. The Morgan fingerprint density at radius 2 is 1.96 bits per heavy atom. The summed E-state index contributed by atoms with van der Waals surface area (Å²) in [5, 5.41) is -0.352. The standard InChI is InChI=1S/C18H25N3O3S/c22-18(15-3-4-15)20-8-5-16-17(6-9-20)25(23,24)11-10-21(16)13-14-2-1-7-19-12-14/h1-2,7,12,15-17H,3-6,8-11,13H2/t16-,17+/m0/s1. The van der Waals surface area contributed by atoms with Crippen LogP contribution in [0.25, 0.3) is 0 Å². The molecular formula is C18H25N3O3S. The first-order valence-corrected chi connectivity index (χ1v) is 10.9. The van der Waals surface area contributed by atoms with Gasteiger partial charge in [-0.2, -0.15) is 0 Å². The Labute approximate surface area is 149 Å². The first-order chi connectivity index (χ1) is 12.0. The van der Waals surface area contributed by atoms with Gasteiger partial charge in [0.1, 0.15) is 0 Å². The van der Waals surface area contributed by atoms with Gasteiger partial charge in [-0.1, -0.05) is 6.07 Å². The number of sulfone groups is 1. The molecule has 2 saturated heterocycles. The lowest BCUT2D eigenvalue weighted by Crippen LogP contribution is -2.54. The van der Waals surface area contributed by atoms with Crippen LogP contribution in [-0.4, -0.2) is 65.8 Å². The highest BCUT2D eigenvalue weighted by molar-refractivity contribution is 7.92. The molecule has 1 aliphatic carbocycles. The fourth-order valence-electron chi connectivity index (χ4n) is 4.19. The Kier molecular flexibility index (Phi) is 4.54. The SMILES string of the molecule is O=C(C1CC1)N1CC[C@@H]2[C@H](CC1)N(Cc1cccnc1)CCS2(=O)=O. The van der Waals surface area contributed by atoms with Gasteiger partial charge in [0.2, 0.25) is 5.91 Å². The first kappa shape index (κ1) is 17.0. The van der Waals surface area contributed by atoms with Crippen LogP contribution in [0.4, 0.5) is 0 Å². The van der Waals surface area contributed by atoms with Crippen LogP contribution in [0, 0.1) is 5.92 Å². The number of likely N-dealkylation sites (tertiary alicyclic amines) is 1. The normalized spacial score (nSPS) is 29.7. The number of rotatable bonds is 3. The molecule has 25 heavy (non-hydrogen) atoms. The van der Waals surface area contributed by atoms with Gasteiger partial charge >= 0.3 is 0 Å². The first-order valence-electron chi connectivity index (χ1n) is 9.18. The van der Waals surface area contributed by atoms with Gasteiger partial charge in [-0.25, -0.2) is 8.42 Å². The molecule has 0 radical (unpaired) electrons. The van der Waals surface area contributed by atoms with Gasteiger partial charge < -0.3 is 4.90 Å². The lowest BCUT2D eigenvalue weighted by Gasteiger charge is -2.40. The molecule has 7 heteroatoms. The van der Waals surface area contributed by atoms with Crippen molar-refractivity contribution in [3.8, 4) is 0 Å². The summed E-state index contributed by atoms with van der Waals surface area (Å²) in [5.74, 6) is 0.642. The molecular weight excluding hydrogens is 338 g/mol. The van der Waals surface area contributed by atoms with E-state index in [1.807, 2.05) is 23.2 Å². The van der Waals surface area contributed by atoms with Crippen molar-refractivity contribution >= 4 is 15.7 Å². The van der Waals surface area contributed by atoms with E-state index in [1.165, 1.54) is 0 Å². The summed E-state index contributed by atoms with van der Waals surface area (Å²) in [4.78, 5) is 20.8. The van der Waals surface area contributed by atoms with Gasteiger partial charge in [0.15, 0.2) is 9.84 Å². The lowest BCUT2D eigenvalue weighted by atomic mass is 10.1. The van der Waals surface area contributed by atoms with E-state index in [2.05, 4.69) is 9.88 Å². The third-order valence-corrected chi connectivity index (χ3v) is 7.97. The number of pyridine rings is 1. The number of carbonyl (C=O) groups excluding carboxylic acids is 1. The Morgan fingerprint density at radius 1 is 1.16 bits per heavy atom. The van der Waals surface area contributed by atoms with Crippen molar-refractivity contribution in [2.75, 3.05) is 25.4 Å². The van der Waals surface area contributed by atoms with Crippen LogP contribution in [0.1, 0.15) is 31.2 Å². The van der Waals surface area contributed by atoms with Crippen molar-refractivity contribution in [2.45, 2.75) is 43.5 Å². The maximum Gasteiger partial charge on any atom is 0.225 e. The van der Waals surface area contributed by atoms with Crippen LogP contribution >= 0.6 is 0 Å². The maximum absolute atomic E-state index is 12.6. The van der Waals surface area contributed by atoms with E-state index in [0.717, 1.165) is 31.4 Å². The van der Waals surface area contributed by atoms with E-state index in [0.29, 0.717) is 26.1 Å². The molecule has 0 bridgehead atoms. The molecule has 3 heterocycles. The average Bonchev–Trinajstić information content (AvgIpc) is 3.44. The molecule has 0 aromatic carbocycles. The lowest BCUT2D eigenvalue weighted by molar-refractivity contribution is -0.132. The zero-order valence-electron chi connectivity index (χ0n) is 14.4. The summed E-state index contributed by atoms with van der Waals surface area (Å²) < 4.78 is 25.3. The van der Waals surface area contributed by atoms with E-state index in [-0.39, 0.29) is 28.9 Å². The topological polar surface area (TPSA) is 70.6 Å². The number of aromatic nitrogens is 1. The molecule has 3 aliphatic rings. The summed E-state index contributed by atoms with van der Waals surface area (Å²) in [5.41, 5.74) is 1.11. The van der Waals surface area contributed by atoms with Crippen LogP contribution < -0.4 is 0 Å².